The van der Waals surface area contributed by atoms with Gasteiger partial charge in [0, 0.05) is 12.1 Å². The number of pyridine rings is 1. The Hall–Kier alpha value is -1.91. The first-order valence-corrected chi connectivity index (χ1v) is 8.27. The molecule has 0 radical (unpaired) electrons. The molecule has 1 saturated carbocycles. The van der Waals surface area contributed by atoms with Crippen LogP contribution < -0.4 is 0 Å². The fraction of sp³-hybridized carbons (Fsp3) is 0.588. The highest BCUT2D eigenvalue weighted by atomic mass is 16.4. The first-order valence-electron chi connectivity index (χ1n) is 8.27. The maximum absolute atomic E-state index is 11.3. The van der Waals surface area contributed by atoms with E-state index in [9.17, 15) is 9.90 Å². The normalized spacial score (nSPS) is 22.0. The van der Waals surface area contributed by atoms with Crippen molar-refractivity contribution in [1.29, 1.82) is 0 Å². The third-order valence-electron chi connectivity index (χ3n) is 4.87. The Morgan fingerprint density at radius 2 is 2.09 bits per heavy atom. The molecule has 1 aliphatic carbocycles. The van der Waals surface area contributed by atoms with Gasteiger partial charge in [0.1, 0.15) is 11.4 Å². The molecular formula is C17H23N3O2. The Kier molecular flexibility index (Phi) is 4.41. The molecular weight excluding hydrogens is 278 g/mol. The molecule has 0 amide bonds. The molecule has 1 aliphatic rings. The summed E-state index contributed by atoms with van der Waals surface area (Å²) in [4.78, 5) is 11.3. The van der Waals surface area contributed by atoms with Gasteiger partial charge in [-0.25, -0.2) is 4.79 Å². The Balaban J connectivity index is 1.78. The Morgan fingerprint density at radius 3 is 2.77 bits per heavy atom. The third-order valence-corrected chi connectivity index (χ3v) is 4.87. The summed E-state index contributed by atoms with van der Waals surface area (Å²) in [6.07, 6.45) is 10.6. The van der Waals surface area contributed by atoms with Crippen LogP contribution in [0.15, 0.2) is 18.3 Å². The van der Waals surface area contributed by atoms with Crippen LogP contribution in [0.25, 0.3) is 5.65 Å². The molecule has 0 spiro atoms. The van der Waals surface area contributed by atoms with E-state index in [2.05, 4.69) is 17.1 Å². The smallest absolute Gasteiger partial charge is 0.339 e. The topological polar surface area (TPSA) is 67.5 Å². The second kappa shape index (κ2) is 6.46. The lowest BCUT2D eigenvalue weighted by molar-refractivity contribution is 0.0698. The van der Waals surface area contributed by atoms with Gasteiger partial charge in [0.25, 0.3) is 0 Å². The summed E-state index contributed by atoms with van der Waals surface area (Å²) < 4.78 is 1.86. The molecule has 2 heterocycles. The molecule has 2 aromatic rings. The molecule has 118 valence electrons. The van der Waals surface area contributed by atoms with Crippen molar-refractivity contribution >= 4 is 11.6 Å². The van der Waals surface area contributed by atoms with Gasteiger partial charge in [0.15, 0.2) is 5.65 Å². The van der Waals surface area contributed by atoms with Crippen molar-refractivity contribution in [2.75, 3.05) is 0 Å². The van der Waals surface area contributed by atoms with E-state index in [1.165, 1.54) is 32.1 Å². The van der Waals surface area contributed by atoms with Crippen LogP contribution in [0.4, 0.5) is 0 Å². The zero-order chi connectivity index (χ0) is 15.5. The molecule has 1 N–H and O–H groups in total. The van der Waals surface area contributed by atoms with E-state index in [4.69, 9.17) is 0 Å². The van der Waals surface area contributed by atoms with E-state index < -0.39 is 5.97 Å². The third kappa shape index (κ3) is 2.85. The van der Waals surface area contributed by atoms with Gasteiger partial charge in [0.05, 0.1) is 0 Å². The highest BCUT2D eigenvalue weighted by Gasteiger charge is 2.26. The van der Waals surface area contributed by atoms with Crippen molar-refractivity contribution in [3.8, 4) is 0 Å². The standard InChI is InChI=1S/C17H23N3O2/c1-2-3-5-12-7-9-13(10-8-12)15-18-19-16-14(17(21)22)6-4-11-20(15)16/h4,6,11-13H,2-3,5,7-10H2,1H3,(H,21,22). The maximum atomic E-state index is 11.3. The predicted octanol–water partition coefficient (Wildman–Crippen LogP) is 3.89. The summed E-state index contributed by atoms with van der Waals surface area (Å²) in [5.41, 5.74) is 0.677. The number of carboxylic acid groups (broad SMARTS) is 1. The number of nitrogens with zero attached hydrogens (tertiary/aromatic N) is 3. The van der Waals surface area contributed by atoms with Crippen LogP contribution in [0, 0.1) is 5.92 Å². The molecule has 0 atom stereocenters. The fourth-order valence-corrected chi connectivity index (χ4v) is 3.58. The Morgan fingerprint density at radius 1 is 1.32 bits per heavy atom. The number of aromatic carboxylic acids is 1. The number of rotatable bonds is 5. The lowest BCUT2D eigenvalue weighted by Crippen LogP contribution is -2.15. The number of aromatic nitrogens is 3. The zero-order valence-electron chi connectivity index (χ0n) is 13.0. The van der Waals surface area contributed by atoms with E-state index in [1.54, 1.807) is 12.1 Å². The molecule has 0 bridgehead atoms. The van der Waals surface area contributed by atoms with E-state index >= 15 is 0 Å². The summed E-state index contributed by atoms with van der Waals surface area (Å²) in [5, 5.41) is 17.7. The van der Waals surface area contributed by atoms with Gasteiger partial charge in [-0.05, 0) is 43.7 Å². The molecule has 5 nitrogen and oxygen atoms in total. The van der Waals surface area contributed by atoms with Gasteiger partial charge in [-0.3, -0.25) is 4.40 Å². The average molecular weight is 301 g/mol. The number of hydrogen-bond donors (Lipinski definition) is 1. The lowest BCUT2D eigenvalue weighted by Gasteiger charge is -2.27. The molecule has 3 rings (SSSR count). The molecule has 2 aromatic heterocycles. The summed E-state index contributed by atoms with van der Waals surface area (Å²) in [5.74, 6) is 1.22. The van der Waals surface area contributed by atoms with Crippen molar-refractivity contribution in [3.63, 3.8) is 0 Å². The number of hydrogen-bond acceptors (Lipinski definition) is 3. The highest BCUT2D eigenvalue weighted by Crippen LogP contribution is 2.37. The van der Waals surface area contributed by atoms with Crippen molar-refractivity contribution in [2.24, 2.45) is 5.92 Å². The van der Waals surface area contributed by atoms with Crippen molar-refractivity contribution in [3.05, 3.63) is 29.7 Å². The van der Waals surface area contributed by atoms with E-state index in [-0.39, 0.29) is 5.56 Å². The van der Waals surface area contributed by atoms with Crippen molar-refractivity contribution < 1.29 is 9.90 Å². The largest absolute Gasteiger partial charge is 0.478 e. The summed E-state index contributed by atoms with van der Waals surface area (Å²) in [7, 11) is 0. The first-order chi connectivity index (χ1) is 10.7. The Bertz CT molecular complexity index is 657. The van der Waals surface area contributed by atoms with Crippen LogP contribution >= 0.6 is 0 Å². The second-order valence-electron chi connectivity index (χ2n) is 6.34. The van der Waals surface area contributed by atoms with Gasteiger partial charge in [0.2, 0.25) is 0 Å². The molecule has 0 aromatic carbocycles. The molecule has 1 fully saturated rings. The van der Waals surface area contributed by atoms with Crippen LogP contribution in [0.1, 0.15) is 74.0 Å². The number of carboxylic acids is 1. The lowest BCUT2D eigenvalue weighted by atomic mass is 9.79. The number of unbranched alkanes of at least 4 members (excludes halogenated alkanes) is 1. The minimum Gasteiger partial charge on any atom is -0.478 e. The Labute approximate surface area is 130 Å². The highest BCUT2D eigenvalue weighted by molar-refractivity contribution is 5.94. The van der Waals surface area contributed by atoms with Gasteiger partial charge >= 0.3 is 5.97 Å². The second-order valence-corrected chi connectivity index (χ2v) is 6.34. The number of carbonyl (C=O) groups is 1. The van der Waals surface area contributed by atoms with E-state index in [1.807, 2.05) is 10.6 Å². The fourth-order valence-electron chi connectivity index (χ4n) is 3.58. The van der Waals surface area contributed by atoms with Crippen LogP contribution in [-0.2, 0) is 0 Å². The van der Waals surface area contributed by atoms with Crippen molar-refractivity contribution in [2.45, 2.75) is 57.8 Å². The minimum absolute atomic E-state index is 0.220. The van der Waals surface area contributed by atoms with Crippen LogP contribution in [-0.4, -0.2) is 25.7 Å². The molecule has 0 aliphatic heterocycles. The van der Waals surface area contributed by atoms with Gasteiger partial charge in [-0.15, -0.1) is 10.2 Å². The summed E-state index contributed by atoms with van der Waals surface area (Å²) in [6, 6.07) is 3.34. The van der Waals surface area contributed by atoms with Gasteiger partial charge < -0.3 is 5.11 Å². The van der Waals surface area contributed by atoms with Crippen molar-refractivity contribution in [1.82, 2.24) is 14.6 Å². The molecule has 0 saturated heterocycles. The van der Waals surface area contributed by atoms with Crippen LogP contribution in [0.2, 0.25) is 0 Å². The average Bonchev–Trinajstić information content (AvgIpc) is 2.97. The SMILES string of the molecule is CCCCC1CCC(c2nnc3c(C(=O)O)cccn23)CC1. The van der Waals surface area contributed by atoms with Gasteiger partial charge in [-0.1, -0.05) is 26.2 Å². The summed E-state index contributed by atoms with van der Waals surface area (Å²) >= 11 is 0. The maximum Gasteiger partial charge on any atom is 0.339 e. The molecule has 5 heteroatoms. The summed E-state index contributed by atoms with van der Waals surface area (Å²) in [6.45, 7) is 2.24. The van der Waals surface area contributed by atoms with Gasteiger partial charge in [-0.2, -0.15) is 0 Å². The van der Waals surface area contributed by atoms with Crippen LogP contribution in [0.5, 0.6) is 0 Å². The van der Waals surface area contributed by atoms with E-state index in [0.29, 0.717) is 11.6 Å². The molecule has 22 heavy (non-hydrogen) atoms. The predicted molar refractivity (Wildman–Crippen MR) is 84.2 cm³/mol. The minimum atomic E-state index is -0.951. The number of fused-ring (bicyclic) bond motifs is 1. The zero-order valence-corrected chi connectivity index (χ0v) is 13.0. The van der Waals surface area contributed by atoms with Crippen LogP contribution in [0.3, 0.4) is 0 Å². The van der Waals surface area contributed by atoms with E-state index in [0.717, 1.165) is 24.6 Å². The first kappa shape index (κ1) is 15.0. The quantitative estimate of drug-likeness (QED) is 0.909. The monoisotopic (exact) mass is 301 g/mol. The molecule has 0 unspecified atom stereocenters.